The zero-order valence-electron chi connectivity index (χ0n) is 13.1. The number of aromatic amines is 2. The molecule has 10 heteroatoms. The van der Waals surface area contributed by atoms with Crippen LogP contribution in [0.15, 0.2) is 46.6 Å². The van der Waals surface area contributed by atoms with E-state index in [0.29, 0.717) is 17.2 Å². The van der Waals surface area contributed by atoms with E-state index in [1.165, 1.54) is 11.3 Å². The molecule has 0 atom stereocenters. The maximum absolute atomic E-state index is 12.2. The summed E-state index contributed by atoms with van der Waals surface area (Å²) in [6.07, 6.45) is 0. The number of tetrazole rings is 1. The smallest absolute Gasteiger partial charge is 0.270 e. The van der Waals surface area contributed by atoms with E-state index in [2.05, 4.69) is 35.9 Å². The number of nitrogens with zero attached hydrogens (tertiary/aromatic N) is 5. The van der Waals surface area contributed by atoms with Crippen LogP contribution in [0.5, 0.6) is 0 Å². The van der Waals surface area contributed by atoms with Crippen LogP contribution < -0.4 is 10.9 Å². The number of thiophene rings is 1. The Balaban J connectivity index is 1.67. The number of H-pyrrole nitrogens is 2. The van der Waals surface area contributed by atoms with Crippen LogP contribution >= 0.6 is 11.3 Å². The summed E-state index contributed by atoms with van der Waals surface area (Å²) in [5.41, 5.74) is 1.40. The van der Waals surface area contributed by atoms with Crippen LogP contribution in [0.3, 0.4) is 0 Å². The third-order valence-electron chi connectivity index (χ3n) is 3.55. The molecule has 0 aliphatic rings. The van der Waals surface area contributed by atoms with Gasteiger partial charge in [-0.25, -0.2) is 10.1 Å². The number of nitrogens with one attached hydrogen (secondary N) is 3. The van der Waals surface area contributed by atoms with Crippen molar-refractivity contribution in [2.75, 3.05) is 5.32 Å². The summed E-state index contributed by atoms with van der Waals surface area (Å²) in [5, 5.41) is 27.8. The summed E-state index contributed by atoms with van der Waals surface area (Å²) in [4.78, 5) is 19.9. The molecule has 26 heavy (non-hydrogen) atoms. The first kappa shape index (κ1) is 15.7. The van der Waals surface area contributed by atoms with Crippen molar-refractivity contribution in [3.63, 3.8) is 0 Å². The number of hydrogen-bond acceptors (Lipinski definition) is 8. The van der Waals surface area contributed by atoms with Gasteiger partial charge in [-0.3, -0.25) is 9.78 Å². The Hall–Kier alpha value is -3.84. The van der Waals surface area contributed by atoms with Gasteiger partial charge in [-0.15, -0.1) is 16.4 Å². The highest BCUT2D eigenvalue weighted by molar-refractivity contribution is 7.13. The minimum atomic E-state index is -0.488. The molecule has 3 heterocycles. The summed E-state index contributed by atoms with van der Waals surface area (Å²) >= 11 is 1.41. The van der Waals surface area contributed by atoms with E-state index in [0.717, 1.165) is 10.4 Å². The first-order valence-electron chi connectivity index (χ1n) is 7.44. The van der Waals surface area contributed by atoms with Gasteiger partial charge in [-0.2, -0.15) is 5.26 Å². The van der Waals surface area contributed by atoms with Crippen molar-refractivity contribution in [3.05, 3.63) is 57.7 Å². The molecule has 0 aliphatic heterocycles. The van der Waals surface area contributed by atoms with Gasteiger partial charge in [-0.1, -0.05) is 6.07 Å². The SMILES string of the molecule is N#Cc1c(-c2cccs2)nc(Nc2ccc(-c3nnn[nH]3)cc2)[nH]c1=O. The Bertz CT molecular complexity index is 1120. The molecule has 0 aliphatic carbocycles. The third-order valence-corrected chi connectivity index (χ3v) is 4.43. The Kier molecular flexibility index (Phi) is 3.97. The Labute approximate surface area is 150 Å². The topological polar surface area (TPSA) is 136 Å². The minimum absolute atomic E-state index is 0.00818. The second-order valence-corrected chi connectivity index (χ2v) is 6.13. The van der Waals surface area contributed by atoms with Crippen LogP contribution in [0, 0.1) is 11.3 Å². The Morgan fingerprint density at radius 3 is 2.69 bits per heavy atom. The average Bonchev–Trinajstić information content (AvgIpc) is 3.36. The first-order valence-corrected chi connectivity index (χ1v) is 8.32. The van der Waals surface area contributed by atoms with Gasteiger partial charge in [0.15, 0.2) is 5.82 Å². The first-order chi connectivity index (χ1) is 12.7. The van der Waals surface area contributed by atoms with E-state index < -0.39 is 5.56 Å². The Morgan fingerprint density at radius 1 is 1.19 bits per heavy atom. The number of benzene rings is 1. The fourth-order valence-electron chi connectivity index (χ4n) is 2.36. The summed E-state index contributed by atoms with van der Waals surface area (Å²) in [6, 6.07) is 12.8. The molecule has 126 valence electrons. The second-order valence-electron chi connectivity index (χ2n) is 5.18. The molecule has 1 aromatic carbocycles. The zero-order chi connectivity index (χ0) is 17.9. The summed E-state index contributed by atoms with van der Waals surface area (Å²) in [5.74, 6) is 0.813. The van der Waals surface area contributed by atoms with Gasteiger partial charge in [0.2, 0.25) is 5.95 Å². The lowest BCUT2D eigenvalue weighted by molar-refractivity contribution is 0.881. The monoisotopic (exact) mass is 362 g/mol. The van der Waals surface area contributed by atoms with E-state index in [1.54, 1.807) is 12.1 Å². The van der Waals surface area contributed by atoms with Gasteiger partial charge < -0.3 is 5.32 Å². The molecule has 0 bridgehead atoms. The van der Waals surface area contributed by atoms with Crippen LogP contribution in [-0.2, 0) is 0 Å². The van der Waals surface area contributed by atoms with Crippen LogP contribution in [0.2, 0.25) is 0 Å². The van der Waals surface area contributed by atoms with Crippen molar-refractivity contribution >= 4 is 23.0 Å². The molecule has 0 fully saturated rings. The quantitative estimate of drug-likeness (QED) is 0.506. The van der Waals surface area contributed by atoms with Gasteiger partial charge in [0.05, 0.1) is 4.88 Å². The highest BCUT2D eigenvalue weighted by atomic mass is 32.1. The van der Waals surface area contributed by atoms with E-state index in [9.17, 15) is 10.1 Å². The van der Waals surface area contributed by atoms with Crippen LogP contribution in [0.1, 0.15) is 5.56 Å². The largest absolute Gasteiger partial charge is 0.326 e. The van der Waals surface area contributed by atoms with Gasteiger partial charge in [0, 0.05) is 11.3 Å². The van der Waals surface area contributed by atoms with E-state index in [1.807, 2.05) is 35.7 Å². The molecule has 3 N–H and O–H groups in total. The van der Waals surface area contributed by atoms with Crippen molar-refractivity contribution in [2.24, 2.45) is 0 Å². The van der Waals surface area contributed by atoms with E-state index >= 15 is 0 Å². The Morgan fingerprint density at radius 2 is 2.04 bits per heavy atom. The van der Waals surface area contributed by atoms with E-state index in [-0.39, 0.29) is 11.5 Å². The zero-order valence-corrected chi connectivity index (χ0v) is 13.9. The van der Waals surface area contributed by atoms with E-state index in [4.69, 9.17) is 0 Å². The molecule has 0 saturated heterocycles. The maximum atomic E-state index is 12.2. The van der Waals surface area contributed by atoms with Gasteiger partial charge in [0.1, 0.15) is 17.3 Å². The molecule has 3 aromatic heterocycles. The number of nitriles is 1. The highest BCUT2D eigenvalue weighted by Crippen LogP contribution is 2.26. The normalized spacial score (nSPS) is 10.4. The van der Waals surface area contributed by atoms with Crippen molar-refractivity contribution in [3.8, 4) is 28.0 Å². The molecular weight excluding hydrogens is 352 g/mol. The van der Waals surface area contributed by atoms with Crippen molar-refractivity contribution in [1.82, 2.24) is 30.6 Å². The number of aromatic nitrogens is 6. The fourth-order valence-corrected chi connectivity index (χ4v) is 3.08. The summed E-state index contributed by atoms with van der Waals surface area (Å²) < 4.78 is 0. The van der Waals surface area contributed by atoms with Gasteiger partial charge in [-0.05, 0) is 46.1 Å². The molecule has 0 saturated carbocycles. The maximum Gasteiger partial charge on any atom is 0.270 e. The van der Waals surface area contributed by atoms with Crippen molar-refractivity contribution in [1.29, 1.82) is 5.26 Å². The second kappa shape index (κ2) is 6.58. The lowest BCUT2D eigenvalue weighted by atomic mass is 10.2. The summed E-state index contributed by atoms with van der Waals surface area (Å²) in [6.45, 7) is 0. The average molecular weight is 362 g/mol. The van der Waals surface area contributed by atoms with Crippen LogP contribution in [0.25, 0.3) is 22.0 Å². The predicted octanol–water partition coefficient (Wildman–Crippen LogP) is 2.29. The predicted molar refractivity (Wildman–Crippen MR) is 95.8 cm³/mol. The number of hydrogen-bond donors (Lipinski definition) is 3. The fraction of sp³-hybridized carbons (Fsp3) is 0. The molecule has 0 amide bonds. The van der Waals surface area contributed by atoms with Crippen molar-refractivity contribution in [2.45, 2.75) is 0 Å². The molecule has 0 spiro atoms. The summed E-state index contributed by atoms with van der Waals surface area (Å²) in [7, 11) is 0. The minimum Gasteiger partial charge on any atom is -0.326 e. The van der Waals surface area contributed by atoms with Crippen LogP contribution in [0.4, 0.5) is 11.6 Å². The van der Waals surface area contributed by atoms with Crippen LogP contribution in [-0.4, -0.2) is 30.6 Å². The number of rotatable bonds is 4. The molecular formula is C16H10N8OS. The van der Waals surface area contributed by atoms with Gasteiger partial charge >= 0.3 is 0 Å². The molecule has 9 nitrogen and oxygen atoms in total. The molecule has 4 rings (SSSR count). The molecule has 0 unspecified atom stereocenters. The van der Waals surface area contributed by atoms with Gasteiger partial charge in [0.25, 0.3) is 5.56 Å². The highest BCUT2D eigenvalue weighted by Gasteiger charge is 2.14. The number of anilines is 2. The van der Waals surface area contributed by atoms with Crippen molar-refractivity contribution < 1.29 is 0 Å². The molecule has 0 radical (unpaired) electrons. The molecule has 4 aromatic rings. The lowest BCUT2D eigenvalue weighted by Gasteiger charge is -2.08. The third kappa shape index (κ3) is 2.94. The lowest BCUT2D eigenvalue weighted by Crippen LogP contribution is -2.15. The standard InChI is InChI=1S/C16H10N8OS/c17-8-11-13(12-2-1-7-26-12)19-16(20-15(11)25)18-10-5-3-9(4-6-10)14-21-23-24-22-14/h1-7H,(H2,18,19,20,25)(H,21,22,23,24).